The minimum Gasteiger partial charge on any atom is -0.482 e. The minimum atomic E-state index is -3.51. The van der Waals surface area contributed by atoms with Crippen LogP contribution >= 0.6 is 0 Å². The van der Waals surface area contributed by atoms with Crippen molar-refractivity contribution < 1.29 is 23.1 Å². The summed E-state index contributed by atoms with van der Waals surface area (Å²) in [5.41, 5.74) is 0. The van der Waals surface area contributed by atoms with E-state index in [0.29, 0.717) is 18.8 Å². The second-order valence-corrected chi connectivity index (χ2v) is 6.50. The predicted molar refractivity (Wildman–Crippen MR) is 78.9 cm³/mol. The Bertz CT molecular complexity index is 547. The van der Waals surface area contributed by atoms with Crippen LogP contribution in [0, 0.1) is 0 Å². The van der Waals surface area contributed by atoms with Crippen LogP contribution in [0.3, 0.4) is 0 Å². The second-order valence-electron chi connectivity index (χ2n) is 4.56. The Morgan fingerprint density at radius 1 is 1.14 bits per heavy atom. The van der Waals surface area contributed by atoms with Gasteiger partial charge in [-0.2, -0.15) is 4.31 Å². The topological polar surface area (TPSA) is 83.9 Å². The molecule has 0 unspecified atom stereocenters. The lowest BCUT2D eigenvalue weighted by molar-refractivity contribution is -0.139. The summed E-state index contributed by atoms with van der Waals surface area (Å²) in [6.45, 7) is 4.37. The Labute approximate surface area is 125 Å². The van der Waals surface area contributed by atoms with Gasteiger partial charge < -0.3 is 9.84 Å². The molecule has 0 aliphatic rings. The maximum Gasteiger partial charge on any atom is 0.341 e. The minimum absolute atomic E-state index is 0.187. The van der Waals surface area contributed by atoms with Crippen LogP contribution in [0.25, 0.3) is 0 Å². The standard InChI is InChI=1S/C14H21NO5S/c1-3-9-15(10-4-2)21(18,19)13-7-5-12(6-8-13)20-11-14(16)17/h5-8H,3-4,9-11H2,1-2H3,(H,16,17). The highest BCUT2D eigenvalue weighted by molar-refractivity contribution is 7.89. The molecule has 0 aliphatic heterocycles. The Kier molecular flexibility index (Phi) is 6.64. The van der Waals surface area contributed by atoms with E-state index in [-0.39, 0.29) is 4.90 Å². The molecule has 1 aromatic carbocycles. The number of hydrogen-bond donors (Lipinski definition) is 1. The highest BCUT2D eigenvalue weighted by Gasteiger charge is 2.22. The number of nitrogens with zero attached hydrogens (tertiary/aromatic N) is 1. The summed E-state index contributed by atoms with van der Waals surface area (Å²) in [4.78, 5) is 10.6. The third kappa shape index (κ3) is 5.02. The quantitative estimate of drug-likeness (QED) is 0.753. The van der Waals surface area contributed by atoms with Gasteiger partial charge in [0.15, 0.2) is 6.61 Å². The van der Waals surface area contributed by atoms with Crippen LogP contribution in [0.1, 0.15) is 26.7 Å². The normalized spacial score (nSPS) is 11.6. The van der Waals surface area contributed by atoms with Crippen LogP contribution in [0.15, 0.2) is 29.2 Å². The molecule has 0 aromatic heterocycles. The van der Waals surface area contributed by atoms with E-state index in [1.165, 1.54) is 28.6 Å². The monoisotopic (exact) mass is 315 g/mol. The molecular weight excluding hydrogens is 294 g/mol. The lowest BCUT2D eigenvalue weighted by atomic mass is 10.3. The van der Waals surface area contributed by atoms with E-state index >= 15 is 0 Å². The second kappa shape index (κ2) is 7.99. The van der Waals surface area contributed by atoms with Gasteiger partial charge in [0.2, 0.25) is 10.0 Å². The molecule has 0 fully saturated rings. The van der Waals surface area contributed by atoms with Crippen molar-refractivity contribution >= 4 is 16.0 Å². The van der Waals surface area contributed by atoms with E-state index in [9.17, 15) is 13.2 Å². The summed E-state index contributed by atoms with van der Waals surface area (Å²) >= 11 is 0. The van der Waals surface area contributed by atoms with Crippen molar-refractivity contribution in [1.82, 2.24) is 4.31 Å². The van der Waals surface area contributed by atoms with Crippen molar-refractivity contribution in [2.75, 3.05) is 19.7 Å². The maximum atomic E-state index is 12.5. The lowest BCUT2D eigenvalue weighted by Crippen LogP contribution is -2.32. The fourth-order valence-electron chi connectivity index (χ4n) is 1.85. The van der Waals surface area contributed by atoms with Crippen LogP contribution in [-0.2, 0) is 14.8 Å². The van der Waals surface area contributed by atoms with Crippen molar-refractivity contribution in [2.45, 2.75) is 31.6 Å². The van der Waals surface area contributed by atoms with Gasteiger partial charge in [-0.05, 0) is 37.1 Å². The summed E-state index contributed by atoms with van der Waals surface area (Å²) in [7, 11) is -3.51. The lowest BCUT2D eigenvalue weighted by Gasteiger charge is -2.21. The van der Waals surface area contributed by atoms with Crippen molar-refractivity contribution in [3.8, 4) is 5.75 Å². The van der Waals surface area contributed by atoms with Gasteiger partial charge in [0.1, 0.15) is 5.75 Å². The van der Waals surface area contributed by atoms with Crippen LogP contribution in [0.5, 0.6) is 5.75 Å². The molecule has 0 atom stereocenters. The first-order valence-corrected chi connectivity index (χ1v) is 8.30. The summed E-state index contributed by atoms with van der Waals surface area (Å²) in [5, 5.41) is 8.52. The molecule has 7 heteroatoms. The van der Waals surface area contributed by atoms with E-state index in [1.807, 2.05) is 13.8 Å². The van der Waals surface area contributed by atoms with E-state index in [1.54, 1.807) is 0 Å². The van der Waals surface area contributed by atoms with Crippen molar-refractivity contribution in [3.63, 3.8) is 0 Å². The van der Waals surface area contributed by atoms with Crippen LogP contribution in [0.4, 0.5) is 0 Å². The molecule has 0 amide bonds. The molecule has 0 heterocycles. The number of aliphatic carboxylic acids is 1. The molecule has 21 heavy (non-hydrogen) atoms. The van der Waals surface area contributed by atoms with Gasteiger partial charge in [0.25, 0.3) is 0 Å². The van der Waals surface area contributed by atoms with Crippen molar-refractivity contribution in [1.29, 1.82) is 0 Å². The molecule has 6 nitrogen and oxygen atoms in total. The Morgan fingerprint density at radius 2 is 1.67 bits per heavy atom. The zero-order valence-corrected chi connectivity index (χ0v) is 13.1. The number of hydrogen-bond acceptors (Lipinski definition) is 4. The molecule has 118 valence electrons. The van der Waals surface area contributed by atoms with Crippen LogP contribution in [-0.4, -0.2) is 43.5 Å². The number of carbonyl (C=O) groups is 1. The summed E-state index contributed by atoms with van der Waals surface area (Å²) in [5.74, 6) is -0.752. The highest BCUT2D eigenvalue weighted by Crippen LogP contribution is 2.20. The first-order chi connectivity index (χ1) is 9.91. The van der Waals surface area contributed by atoms with Crippen molar-refractivity contribution in [3.05, 3.63) is 24.3 Å². The summed E-state index contributed by atoms with van der Waals surface area (Å²) in [6.07, 6.45) is 1.50. The van der Waals surface area contributed by atoms with Crippen LogP contribution < -0.4 is 4.74 Å². The van der Waals surface area contributed by atoms with Gasteiger partial charge >= 0.3 is 5.97 Å². The summed E-state index contributed by atoms with van der Waals surface area (Å²) in [6, 6.07) is 5.80. The molecule has 1 N–H and O–H groups in total. The molecule has 0 radical (unpaired) electrons. The average Bonchev–Trinajstić information content (AvgIpc) is 2.45. The fraction of sp³-hybridized carbons (Fsp3) is 0.500. The van der Waals surface area contributed by atoms with E-state index in [2.05, 4.69) is 0 Å². The number of carboxylic acids is 1. The molecular formula is C14H21NO5S. The first-order valence-electron chi connectivity index (χ1n) is 6.86. The molecule has 0 aliphatic carbocycles. The Hall–Kier alpha value is -1.60. The Balaban J connectivity index is 2.90. The number of ether oxygens (including phenoxy) is 1. The zero-order valence-electron chi connectivity index (χ0n) is 12.3. The van der Waals surface area contributed by atoms with Crippen LogP contribution in [0.2, 0.25) is 0 Å². The van der Waals surface area contributed by atoms with Gasteiger partial charge in [-0.3, -0.25) is 0 Å². The van der Waals surface area contributed by atoms with Crippen molar-refractivity contribution in [2.24, 2.45) is 0 Å². The molecule has 0 saturated carbocycles. The SMILES string of the molecule is CCCN(CCC)S(=O)(=O)c1ccc(OCC(=O)O)cc1. The first kappa shape index (κ1) is 17.5. The van der Waals surface area contributed by atoms with Gasteiger partial charge in [0, 0.05) is 13.1 Å². The number of rotatable bonds is 9. The Morgan fingerprint density at radius 3 is 2.10 bits per heavy atom. The number of carboxylic acid groups (broad SMARTS) is 1. The largest absolute Gasteiger partial charge is 0.482 e. The third-order valence-electron chi connectivity index (χ3n) is 2.77. The molecule has 0 spiro atoms. The molecule has 0 saturated heterocycles. The zero-order chi connectivity index (χ0) is 15.9. The van der Waals surface area contributed by atoms with E-state index < -0.39 is 22.6 Å². The third-order valence-corrected chi connectivity index (χ3v) is 4.68. The fourth-order valence-corrected chi connectivity index (χ4v) is 3.48. The highest BCUT2D eigenvalue weighted by atomic mass is 32.2. The van der Waals surface area contributed by atoms with E-state index in [0.717, 1.165) is 12.8 Å². The number of benzene rings is 1. The van der Waals surface area contributed by atoms with Gasteiger partial charge in [0.05, 0.1) is 4.90 Å². The van der Waals surface area contributed by atoms with Gasteiger partial charge in [-0.1, -0.05) is 13.8 Å². The smallest absolute Gasteiger partial charge is 0.341 e. The van der Waals surface area contributed by atoms with Gasteiger partial charge in [-0.25, -0.2) is 13.2 Å². The average molecular weight is 315 g/mol. The predicted octanol–water partition coefficient (Wildman–Crippen LogP) is 1.96. The van der Waals surface area contributed by atoms with Gasteiger partial charge in [-0.15, -0.1) is 0 Å². The number of sulfonamides is 1. The van der Waals surface area contributed by atoms with E-state index in [4.69, 9.17) is 9.84 Å². The summed E-state index contributed by atoms with van der Waals surface area (Å²) < 4.78 is 31.4. The molecule has 1 aromatic rings. The molecule has 0 bridgehead atoms. The maximum absolute atomic E-state index is 12.5. The molecule has 1 rings (SSSR count).